The number of amides is 4. The maximum absolute atomic E-state index is 12.6. The highest BCUT2D eigenvalue weighted by Crippen LogP contribution is 2.21. The van der Waals surface area contributed by atoms with E-state index in [4.69, 9.17) is 0 Å². The minimum atomic E-state index is -0.0839. The quantitative estimate of drug-likeness (QED) is 0.813. The first kappa shape index (κ1) is 21.5. The third-order valence-electron chi connectivity index (χ3n) is 5.46. The van der Waals surface area contributed by atoms with Crippen molar-refractivity contribution in [2.45, 2.75) is 19.3 Å². The molecule has 1 aromatic carbocycles. The van der Waals surface area contributed by atoms with Crippen molar-refractivity contribution in [1.29, 1.82) is 0 Å². The highest BCUT2D eigenvalue weighted by Gasteiger charge is 2.28. The number of likely N-dealkylation sites (tertiary alicyclic amines) is 1. The zero-order valence-corrected chi connectivity index (χ0v) is 18.0. The van der Waals surface area contributed by atoms with Gasteiger partial charge in [-0.05, 0) is 30.5 Å². The summed E-state index contributed by atoms with van der Waals surface area (Å²) in [4.78, 5) is 42.2. The predicted molar refractivity (Wildman–Crippen MR) is 116 cm³/mol. The minimum Gasteiger partial charge on any atom is -0.341 e. The van der Waals surface area contributed by atoms with Crippen LogP contribution in [-0.2, 0) is 16.0 Å². The third kappa shape index (κ3) is 5.88. The Kier molecular flexibility index (Phi) is 7.41. The molecule has 3 rings (SSSR count). The van der Waals surface area contributed by atoms with Crippen molar-refractivity contribution in [1.82, 2.24) is 14.7 Å². The number of rotatable bonds is 4. The molecule has 0 aliphatic carbocycles. The largest absolute Gasteiger partial charge is 0.341 e. The summed E-state index contributed by atoms with van der Waals surface area (Å²) < 4.78 is 0. The first-order valence-corrected chi connectivity index (χ1v) is 11.3. The molecule has 0 aromatic heterocycles. The van der Waals surface area contributed by atoms with Crippen molar-refractivity contribution in [3.8, 4) is 0 Å². The maximum Gasteiger partial charge on any atom is 0.319 e. The number of hydrogen-bond donors (Lipinski definition) is 1. The first-order valence-electron chi connectivity index (χ1n) is 10.2. The third-order valence-corrected chi connectivity index (χ3v) is 6.40. The van der Waals surface area contributed by atoms with Crippen molar-refractivity contribution in [3.63, 3.8) is 0 Å². The molecule has 2 heterocycles. The second-order valence-electron chi connectivity index (χ2n) is 7.79. The monoisotopic (exact) mass is 418 g/mol. The van der Waals surface area contributed by atoms with Gasteiger partial charge in [0.15, 0.2) is 0 Å². The average molecular weight is 419 g/mol. The fourth-order valence-electron chi connectivity index (χ4n) is 3.67. The molecule has 0 radical (unpaired) electrons. The molecule has 0 unspecified atom stereocenters. The lowest BCUT2D eigenvalue weighted by Gasteiger charge is -2.33. The summed E-state index contributed by atoms with van der Waals surface area (Å²) in [5.74, 6) is 2.11. The van der Waals surface area contributed by atoms with E-state index >= 15 is 0 Å². The zero-order valence-electron chi connectivity index (χ0n) is 17.2. The zero-order chi connectivity index (χ0) is 20.8. The molecule has 0 saturated carbocycles. The first-order chi connectivity index (χ1) is 13.9. The van der Waals surface area contributed by atoms with Gasteiger partial charge < -0.3 is 20.0 Å². The number of hydrogen-bond acceptors (Lipinski definition) is 4. The highest BCUT2D eigenvalue weighted by molar-refractivity contribution is 7.99. The summed E-state index contributed by atoms with van der Waals surface area (Å²) in [5.41, 5.74) is 1.70. The number of benzene rings is 1. The average Bonchev–Trinajstić information content (AvgIpc) is 2.75. The van der Waals surface area contributed by atoms with E-state index in [0.29, 0.717) is 32.4 Å². The Morgan fingerprint density at radius 3 is 2.21 bits per heavy atom. The summed E-state index contributed by atoms with van der Waals surface area (Å²) in [6.07, 6.45) is 1.75. The van der Waals surface area contributed by atoms with E-state index in [-0.39, 0.29) is 23.8 Å². The van der Waals surface area contributed by atoms with E-state index in [9.17, 15) is 14.4 Å². The highest BCUT2D eigenvalue weighted by atomic mass is 32.2. The van der Waals surface area contributed by atoms with Crippen LogP contribution in [0.15, 0.2) is 24.3 Å². The van der Waals surface area contributed by atoms with Crippen LogP contribution < -0.4 is 5.32 Å². The summed E-state index contributed by atoms with van der Waals surface area (Å²) in [6, 6.07) is 7.53. The molecule has 0 bridgehead atoms. The van der Waals surface area contributed by atoms with Crippen molar-refractivity contribution in [2.75, 3.05) is 57.1 Å². The van der Waals surface area contributed by atoms with Crippen LogP contribution in [0.2, 0.25) is 0 Å². The molecule has 1 N–H and O–H groups in total. The summed E-state index contributed by atoms with van der Waals surface area (Å²) >= 11 is 1.89. The van der Waals surface area contributed by atoms with Gasteiger partial charge in [0.25, 0.3) is 0 Å². The number of anilines is 1. The molecule has 2 aliphatic rings. The van der Waals surface area contributed by atoms with Gasteiger partial charge >= 0.3 is 6.03 Å². The Hall–Kier alpha value is -2.22. The Balaban J connectivity index is 1.46. The van der Waals surface area contributed by atoms with Crippen LogP contribution in [0.25, 0.3) is 0 Å². The van der Waals surface area contributed by atoms with Crippen LogP contribution in [0.3, 0.4) is 0 Å². The number of urea groups is 1. The van der Waals surface area contributed by atoms with Gasteiger partial charge in [-0.1, -0.05) is 12.1 Å². The SMILES string of the molecule is CN(C)C(=O)N1CCC(C(=O)Nc2ccc(CC(=O)N3CCSCC3)cc2)CC1. The standard InChI is InChI=1S/C21H30N4O3S/c1-23(2)21(28)25-9-7-17(8-10-25)20(27)22-18-5-3-16(4-6-18)15-19(26)24-11-13-29-14-12-24/h3-6,17H,7-15H2,1-2H3,(H,22,27). The van der Waals surface area contributed by atoms with Crippen LogP contribution >= 0.6 is 11.8 Å². The molecule has 158 valence electrons. The summed E-state index contributed by atoms with van der Waals surface area (Å²) in [5, 5.41) is 2.97. The van der Waals surface area contributed by atoms with E-state index in [2.05, 4.69) is 5.32 Å². The van der Waals surface area contributed by atoms with Crippen LogP contribution in [-0.4, -0.2) is 84.3 Å². The topological polar surface area (TPSA) is 73.0 Å². The van der Waals surface area contributed by atoms with Gasteiger partial charge in [0, 0.05) is 63.4 Å². The molecule has 7 nitrogen and oxygen atoms in total. The number of nitrogens with zero attached hydrogens (tertiary/aromatic N) is 3. The Labute approximate surface area is 176 Å². The van der Waals surface area contributed by atoms with Crippen molar-refractivity contribution >= 4 is 35.3 Å². The van der Waals surface area contributed by atoms with Crippen LogP contribution in [0.5, 0.6) is 0 Å². The second kappa shape index (κ2) is 10.0. The lowest BCUT2D eigenvalue weighted by atomic mass is 9.96. The lowest BCUT2D eigenvalue weighted by molar-refractivity contribution is -0.130. The van der Waals surface area contributed by atoms with E-state index in [1.807, 2.05) is 40.9 Å². The molecular weight excluding hydrogens is 388 g/mol. The molecule has 4 amide bonds. The van der Waals surface area contributed by atoms with E-state index < -0.39 is 0 Å². The Bertz CT molecular complexity index is 724. The molecule has 29 heavy (non-hydrogen) atoms. The van der Waals surface area contributed by atoms with Gasteiger partial charge in [-0.15, -0.1) is 0 Å². The fraction of sp³-hybridized carbons (Fsp3) is 0.571. The van der Waals surface area contributed by atoms with Crippen molar-refractivity contribution in [3.05, 3.63) is 29.8 Å². The summed E-state index contributed by atoms with van der Waals surface area (Å²) in [7, 11) is 3.48. The number of thioether (sulfide) groups is 1. The minimum absolute atomic E-state index is 0.00250. The molecular formula is C21H30N4O3S. The van der Waals surface area contributed by atoms with Gasteiger partial charge in [0.05, 0.1) is 6.42 Å². The van der Waals surface area contributed by atoms with Crippen LogP contribution in [0.1, 0.15) is 18.4 Å². The van der Waals surface area contributed by atoms with Crippen LogP contribution in [0, 0.1) is 5.92 Å². The van der Waals surface area contributed by atoms with E-state index in [1.165, 1.54) is 0 Å². The Morgan fingerprint density at radius 2 is 1.62 bits per heavy atom. The van der Waals surface area contributed by atoms with E-state index in [0.717, 1.165) is 35.8 Å². The smallest absolute Gasteiger partial charge is 0.319 e. The molecule has 2 aliphatic heterocycles. The van der Waals surface area contributed by atoms with Gasteiger partial charge in [-0.25, -0.2) is 4.79 Å². The van der Waals surface area contributed by atoms with Gasteiger partial charge in [0.2, 0.25) is 11.8 Å². The molecule has 8 heteroatoms. The molecule has 2 saturated heterocycles. The number of piperidine rings is 1. The fourth-order valence-corrected chi connectivity index (χ4v) is 4.57. The summed E-state index contributed by atoms with van der Waals surface area (Å²) in [6.45, 7) is 2.86. The molecule has 0 atom stereocenters. The number of carbonyl (C=O) groups excluding carboxylic acids is 3. The Morgan fingerprint density at radius 1 is 1.00 bits per heavy atom. The van der Waals surface area contributed by atoms with Gasteiger partial charge in [-0.2, -0.15) is 11.8 Å². The molecule has 0 spiro atoms. The van der Waals surface area contributed by atoms with Crippen LogP contribution in [0.4, 0.5) is 10.5 Å². The van der Waals surface area contributed by atoms with Crippen molar-refractivity contribution < 1.29 is 14.4 Å². The van der Waals surface area contributed by atoms with Gasteiger partial charge in [-0.3, -0.25) is 9.59 Å². The molecule has 2 fully saturated rings. The van der Waals surface area contributed by atoms with Gasteiger partial charge in [0.1, 0.15) is 0 Å². The van der Waals surface area contributed by atoms with E-state index in [1.54, 1.807) is 23.9 Å². The van der Waals surface area contributed by atoms with Crippen molar-refractivity contribution in [2.24, 2.45) is 5.92 Å². The molecule has 1 aromatic rings. The number of carbonyl (C=O) groups is 3. The second-order valence-corrected chi connectivity index (χ2v) is 9.02. The lowest BCUT2D eigenvalue weighted by Crippen LogP contribution is -2.45. The normalized spacial score (nSPS) is 17.7. The predicted octanol–water partition coefficient (Wildman–Crippen LogP) is 2.14. The maximum atomic E-state index is 12.6. The number of nitrogens with one attached hydrogen (secondary N) is 1.